The molecule has 2 rings (SSSR count). The number of methoxy groups -OCH3 is 1. The molecule has 0 unspecified atom stereocenters. The van der Waals surface area contributed by atoms with Gasteiger partial charge in [-0.05, 0) is 37.3 Å². The molecule has 124 valence electrons. The molecule has 0 heterocycles. The van der Waals surface area contributed by atoms with E-state index in [9.17, 15) is 14.4 Å². The molecule has 0 aliphatic rings. The number of carbonyl (C=O) groups is 3. The minimum absolute atomic E-state index is 0.167. The lowest BCUT2D eigenvalue weighted by molar-refractivity contribution is -0.119. The van der Waals surface area contributed by atoms with Crippen LogP contribution in [0.2, 0.25) is 0 Å². The zero-order valence-corrected chi connectivity index (χ0v) is 13.4. The molecular formula is C18H17NO5. The summed E-state index contributed by atoms with van der Waals surface area (Å²) in [7, 11) is 1.49. The molecule has 1 N–H and O–H groups in total. The average molecular weight is 327 g/mol. The number of hydrogen-bond donors (Lipinski definition) is 1. The number of esters is 1. The van der Waals surface area contributed by atoms with Crippen LogP contribution in [0.1, 0.15) is 27.6 Å². The minimum Gasteiger partial charge on any atom is -0.497 e. The molecule has 0 atom stereocenters. The van der Waals surface area contributed by atoms with E-state index in [2.05, 4.69) is 5.32 Å². The second kappa shape index (κ2) is 7.92. The Hall–Kier alpha value is -3.15. The van der Waals surface area contributed by atoms with Gasteiger partial charge in [-0.25, -0.2) is 4.79 Å². The molecule has 0 aliphatic carbocycles. The van der Waals surface area contributed by atoms with E-state index in [0.717, 1.165) is 0 Å². The molecule has 0 radical (unpaired) electrons. The quantitative estimate of drug-likeness (QED) is 0.651. The van der Waals surface area contributed by atoms with Crippen molar-refractivity contribution in [3.05, 3.63) is 59.7 Å². The highest BCUT2D eigenvalue weighted by Crippen LogP contribution is 2.16. The van der Waals surface area contributed by atoms with Crippen molar-refractivity contribution in [1.82, 2.24) is 0 Å². The monoisotopic (exact) mass is 327 g/mol. The van der Waals surface area contributed by atoms with E-state index in [-0.39, 0.29) is 11.3 Å². The molecule has 0 aromatic heterocycles. The van der Waals surface area contributed by atoms with Gasteiger partial charge in [0.1, 0.15) is 5.75 Å². The summed E-state index contributed by atoms with van der Waals surface area (Å²) in [6.45, 7) is 0.954. The predicted molar refractivity (Wildman–Crippen MR) is 88.4 cm³/mol. The maximum absolute atomic E-state index is 11.9. The smallest absolute Gasteiger partial charge is 0.338 e. The molecule has 6 heteroatoms. The maximum atomic E-state index is 11.9. The van der Waals surface area contributed by atoms with Gasteiger partial charge in [-0.3, -0.25) is 9.59 Å². The fraction of sp³-hybridized carbons (Fsp3) is 0.167. The highest BCUT2D eigenvalue weighted by molar-refractivity contribution is 6.04. The van der Waals surface area contributed by atoms with E-state index in [1.54, 1.807) is 42.5 Å². The van der Waals surface area contributed by atoms with Crippen molar-refractivity contribution in [1.29, 1.82) is 0 Å². The van der Waals surface area contributed by atoms with Crippen LogP contribution in [0.15, 0.2) is 48.5 Å². The van der Waals surface area contributed by atoms with Crippen LogP contribution in [0.3, 0.4) is 0 Å². The molecule has 6 nitrogen and oxygen atoms in total. The van der Waals surface area contributed by atoms with Crippen molar-refractivity contribution in [3.63, 3.8) is 0 Å². The standard InChI is InChI=1S/C18H17NO5/c1-12(20)15-8-3-4-9-16(15)19-17(21)11-24-18(22)13-6-5-7-14(10-13)23-2/h3-10H,11H2,1-2H3,(H,19,21). The number of para-hydroxylation sites is 1. The lowest BCUT2D eigenvalue weighted by Crippen LogP contribution is -2.22. The van der Waals surface area contributed by atoms with Crippen LogP contribution < -0.4 is 10.1 Å². The molecular weight excluding hydrogens is 310 g/mol. The van der Waals surface area contributed by atoms with E-state index >= 15 is 0 Å². The van der Waals surface area contributed by atoms with E-state index in [0.29, 0.717) is 17.0 Å². The largest absolute Gasteiger partial charge is 0.497 e. The van der Waals surface area contributed by atoms with Gasteiger partial charge in [-0.15, -0.1) is 0 Å². The molecule has 0 fully saturated rings. The van der Waals surface area contributed by atoms with Crippen LogP contribution in [0.4, 0.5) is 5.69 Å². The molecule has 1 amide bonds. The number of hydrogen-bond acceptors (Lipinski definition) is 5. The van der Waals surface area contributed by atoms with Crippen molar-refractivity contribution in [2.24, 2.45) is 0 Å². The molecule has 0 saturated heterocycles. The fourth-order valence-electron chi connectivity index (χ4n) is 2.05. The summed E-state index contributed by atoms with van der Waals surface area (Å²) >= 11 is 0. The van der Waals surface area contributed by atoms with E-state index in [4.69, 9.17) is 9.47 Å². The zero-order valence-electron chi connectivity index (χ0n) is 13.4. The van der Waals surface area contributed by atoms with Crippen molar-refractivity contribution in [3.8, 4) is 5.75 Å². The Morgan fingerprint density at radius 1 is 1.04 bits per heavy atom. The SMILES string of the molecule is COc1cccc(C(=O)OCC(=O)Nc2ccccc2C(C)=O)c1. The molecule has 2 aromatic carbocycles. The third-order valence-electron chi connectivity index (χ3n) is 3.22. The highest BCUT2D eigenvalue weighted by atomic mass is 16.5. The molecule has 2 aromatic rings. The van der Waals surface area contributed by atoms with Gasteiger partial charge < -0.3 is 14.8 Å². The lowest BCUT2D eigenvalue weighted by atomic mass is 10.1. The van der Waals surface area contributed by atoms with Crippen LogP contribution in [0, 0.1) is 0 Å². The topological polar surface area (TPSA) is 81.7 Å². The first kappa shape index (κ1) is 17.2. The number of anilines is 1. The highest BCUT2D eigenvalue weighted by Gasteiger charge is 2.13. The van der Waals surface area contributed by atoms with Crippen LogP contribution in [0.25, 0.3) is 0 Å². The van der Waals surface area contributed by atoms with Crippen LogP contribution in [-0.4, -0.2) is 31.4 Å². The minimum atomic E-state index is -0.635. The third-order valence-corrected chi connectivity index (χ3v) is 3.22. The maximum Gasteiger partial charge on any atom is 0.338 e. The number of rotatable bonds is 6. The zero-order chi connectivity index (χ0) is 17.5. The molecule has 0 bridgehead atoms. The Morgan fingerprint density at radius 2 is 1.79 bits per heavy atom. The van der Waals surface area contributed by atoms with Crippen LogP contribution >= 0.6 is 0 Å². The number of ketones is 1. The summed E-state index contributed by atoms with van der Waals surface area (Å²) in [5, 5.41) is 2.56. The summed E-state index contributed by atoms with van der Waals surface area (Å²) in [6, 6.07) is 13.1. The van der Waals surface area contributed by atoms with Crippen LogP contribution in [0.5, 0.6) is 5.75 Å². The number of Topliss-reactive ketones (excluding diaryl/α,β-unsaturated/α-hetero) is 1. The molecule has 0 saturated carbocycles. The Morgan fingerprint density at radius 3 is 2.50 bits per heavy atom. The average Bonchev–Trinajstić information content (AvgIpc) is 2.60. The Bertz CT molecular complexity index is 770. The van der Waals surface area contributed by atoms with Gasteiger partial charge in [-0.1, -0.05) is 18.2 Å². The van der Waals surface area contributed by atoms with Gasteiger partial charge in [0.15, 0.2) is 12.4 Å². The summed E-state index contributed by atoms with van der Waals surface area (Å²) in [5.41, 5.74) is 1.06. The van der Waals surface area contributed by atoms with Crippen molar-refractivity contribution >= 4 is 23.3 Å². The molecule has 24 heavy (non-hydrogen) atoms. The second-order valence-corrected chi connectivity index (χ2v) is 4.96. The first-order valence-corrected chi connectivity index (χ1v) is 7.22. The number of ether oxygens (including phenoxy) is 2. The number of benzene rings is 2. The summed E-state index contributed by atoms with van der Waals surface area (Å²) < 4.78 is 10.00. The second-order valence-electron chi connectivity index (χ2n) is 4.96. The third kappa shape index (κ3) is 4.42. The number of amides is 1. The van der Waals surface area contributed by atoms with Gasteiger partial charge in [-0.2, -0.15) is 0 Å². The van der Waals surface area contributed by atoms with Crippen molar-refractivity contribution in [2.45, 2.75) is 6.92 Å². The summed E-state index contributed by atoms with van der Waals surface area (Å²) in [6.07, 6.45) is 0. The number of carbonyl (C=O) groups excluding carboxylic acids is 3. The van der Waals surface area contributed by atoms with Crippen molar-refractivity contribution in [2.75, 3.05) is 19.0 Å². The number of nitrogens with one attached hydrogen (secondary N) is 1. The van der Waals surface area contributed by atoms with Gasteiger partial charge in [0.2, 0.25) is 0 Å². The first-order valence-electron chi connectivity index (χ1n) is 7.22. The lowest BCUT2D eigenvalue weighted by Gasteiger charge is -2.09. The Kier molecular flexibility index (Phi) is 5.68. The Balaban J connectivity index is 1.96. The van der Waals surface area contributed by atoms with Gasteiger partial charge in [0.25, 0.3) is 5.91 Å². The van der Waals surface area contributed by atoms with E-state index < -0.39 is 18.5 Å². The van der Waals surface area contributed by atoms with E-state index in [1.807, 2.05) is 0 Å². The van der Waals surface area contributed by atoms with Gasteiger partial charge in [0.05, 0.1) is 18.4 Å². The van der Waals surface area contributed by atoms with Gasteiger partial charge in [0, 0.05) is 5.56 Å². The van der Waals surface area contributed by atoms with Crippen molar-refractivity contribution < 1.29 is 23.9 Å². The van der Waals surface area contributed by atoms with Gasteiger partial charge >= 0.3 is 5.97 Å². The molecule has 0 spiro atoms. The van der Waals surface area contributed by atoms with E-state index in [1.165, 1.54) is 20.1 Å². The fourth-order valence-corrected chi connectivity index (χ4v) is 2.05. The van der Waals surface area contributed by atoms with Crippen LogP contribution in [-0.2, 0) is 9.53 Å². The normalized spacial score (nSPS) is 9.92. The Labute approximate surface area is 139 Å². The first-order chi connectivity index (χ1) is 11.5. The predicted octanol–water partition coefficient (Wildman–Crippen LogP) is 2.69. The molecule has 0 aliphatic heterocycles. The summed E-state index contributed by atoms with van der Waals surface area (Å²) in [4.78, 5) is 35.4. The summed E-state index contributed by atoms with van der Waals surface area (Å²) in [5.74, 6) is -0.813.